The van der Waals surface area contributed by atoms with Crippen molar-refractivity contribution >= 4 is 33.3 Å². The topological polar surface area (TPSA) is 126 Å². The normalized spacial score (nSPS) is 13.2. The Morgan fingerprint density at radius 2 is 2.07 bits per heavy atom. The van der Waals surface area contributed by atoms with Gasteiger partial charge < -0.3 is 20.5 Å². The number of anilines is 3. The Hall–Kier alpha value is -2.72. The van der Waals surface area contributed by atoms with Crippen LogP contribution in [0.5, 0.6) is 0 Å². The predicted molar refractivity (Wildman–Crippen MR) is 120 cm³/mol. The van der Waals surface area contributed by atoms with Crippen LogP contribution in [0.25, 0.3) is 0 Å². The Morgan fingerprint density at radius 1 is 1.37 bits per heavy atom. The van der Waals surface area contributed by atoms with E-state index in [9.17, 15) is 14.1 Å². The number of aliphatic hydroxyl groups excluding tert-OH is 1. The van der Waals surface area contributed by atoms with Gasteiger partial charge in [-0.3, -0.25) is 0 Å². The van der Waals surface area contributed by atoms with Crippen LogP contribution in [0.4, 0.5) is 22.2 Å². The number of aromatic nitrogens is 2. The minimum atomic E-state index is -2.95. The Bertz CT molecular complexity index is 958. The van der Waals surface area contributed by atoms with Crippen LogP contribution in [0.3, 0.4) is 0 Å². The average Bonchev–Trinajstić information content (AvgIpc) is 2.72. The van der Waals surface area contributed by atoms with E-state index in [4.69, 9.17) is 4.74 Å². The number of aliphatic hydroxyl groups is 1. The van der Waals surface area contributed by atoms with E-state index in [0.29, 0.717) is 22.3 Å². The zero-order chi connectivity index (χ0) is 22.7. The SMILES string of the molecule is CC.CCOC(=O)N=S(C)(=O)c1cccc(Nc2ncc(C)c(N[C@H](C)CO)n2)c1. The molecule has 0 aliphatic carbocycles. The highest BCUT2D eigenvalue weighted by Crippen LogP contribution is 2.21. The van der Waals surface area contributed by atoms with Crippen molar-refractivity contribution in [3.8, 4) is 0 Å². The summed E-state index contributed by atoms with van der Waals surface area (Å²) in [6.07, 6.45) is 2.18. The summed E-state index contributed by atoms with van der Waals surface area (Å²) in [4.78, 5) is 20.6. The van der Waals surface area contributed by atoms with Crippen LogP contribution in [-0.2, 0) is 14.5 Å². The summed E-state index contributed by atoms with van der Waals surface area (Å²) in [5.41, 5.74) is 1.43. The first-order valence-corrected chi connectivity index (χ1v) is 11.6. The Morgan fingerprint density at radius 3 is 2.70 bits per heavy atom. The zero-order valence-electron chi connectivity index (χ0n) is 18.3. The summed E-state index contributed by atoms with van der Waals surface area (Å²) < 4.78 is 21.2. The van der Waals surface area contributed by atoms with Gasteiger partial charge >= 0.3 is 6.09 Å². The minimum Gasteiger partial charge on any atom is -0.448 e. The van der Waals surface area contributed by atoms with Gasteiger partial charge in [0, 0.05) is 34.6 Å². The number of hydrogen-bond donors (Lipinski definition) is 3. The van der Waals surface area contributed by atoms with E-state index in [1.165, 1.54) is 6.26 Å². The van der Waals surface area contributed by atoms with Crippen LogP contribution in [0, 0.1) is 6.92 Å². The van der Waals surface area contributed by atoms with Crippen LogP contribution in [0.15, 0.2) is 39.7 Å². The lowest BCUT2D eigenvalue weighted by molar-refractivity contribution is 0.164. The number of hydrogen-bond acceptors (Lipinski definition) is 8. The van der Waals surface area contributed by atoms with E-state index in [1.807, 2.05) is 27.7 Å². The van der Waals surface area contributed by atoms with E-state index in [0.717, 1.165) is 5.56 Å². The van der Waals surface area contributed by atoms with Gasteiger partial charge in [0.05, 0.1) is 22.9 Å². The number of nitrogens with one attached hydrogen (secondary N) is 2. The third-order valence-electron chi connectivity index (χ3n) is 3.67. The van der Waals surface area contributed by atoms with Crippen molar-refractivity contribution in [3.63, 3.8) is 0 Å². The predicted octanol–water partition coefficient (Wildman–Crippen LogP) is 3.96. The number of amides is 1. The van der Waals surface area contributed by atoms with Gasteiger partial charge in [0.15, 0.2) is 0 Å². The van der Waals surface area contributed by atoms with E-state index in [-0.39, 0.29) is 19.3 Å². The maximum Gasteiger partial charge on any atom is 0.442 e. The largest absolute Gasteiger partial charge is 0.448 e. The smallest absolute Gasteiger partial charge is 0.442 e. The molecule has 0 bridgehead atoms. The van der Waals surface area contributed by atoms with Crippen LogP contribution in [0.2, 0.25) is 0 Å². The zero-order valence-corrected chi connectivity index (χ0v) is 19.1. The van der Waals surface area contributed by atoms with Crippen molar-refractivity contribution in [3.05, 3.63) is 36.0 Å². The van der Waals surface area contributed by atoms with Gasteiger partial charge in [-0.2, -0.15) is 4.98 Å². The van der Waals surface area contributed by atoms with Gasteiger partial charge in [-0.25, -0.2) is 14.0 Å². The first-order chi connectivity index (χ1) is 14.2. The van der Waals surface area contributed by atoms with Crippen molar-refractivity contribution in [2.45, 2.75) is 45.6 Å². The highest BCUT2D eigenvalue weighted by atomic mass is 32.2. The molecule has 0 spiro atoms. The van der Waals surface area contributed by atoms with Gasteiger partial charge in [0.1, 0.15) is 5.82 Å². The summed E-state index contributed by atoms with van der Waals surface area (Å²) in [7, 11) is -2.95. The third kappa shape index (κ3) is 7.60. The van der Waals surface area contributed by atoms with E-state index >= 15 is 0 Å². The number of carbonyl (C=O) groups excluding carboxylic acids is 1. The standard InChI is InChI=1S/C18H25N5O4S.C2H6/c1-5-27-18(25)23-28(4,26)15-8-6-7-14(9-15)21-17-19-10-12(2)16(22-17)20-13(3)11-24;1-2/h6-10,13,24H,5,11H2,1-4H3,(H2,19,20,21,22);1-2H3/t13-,28?;/m1./s1. The fourth-order valence-corrected chi connectivity index (χ4v) is 3.33. The van der Waals surface area contributed by atoms with Gasteiger partial charge in [-0.05, 0) is 39.0 Å². The lowest BCUT2D eigenvalue weighted by Gasteiger charge is -2.15. The molecule has 30 heavy (non-hydrogen) atoms. The summed E-state index contributed by atoms with van der Waals surface area (Å²) in [6, 6.07) is 6.55. The van der Waals surface area contributed by atoms with Gasteiger partial charge in [-0.1, -0.05) is 19.9 Å². The van der Waals surface area contributed by atoms with Crippen LogP contribution >= 0.6 is 0 Å². The van der Waals surface area contributed by atoms with Crippen LogP contribution < -0.4 is 10.6 Å². The number of rotatable bonds is 7. The molecule has 2 aromatic rings. The lowest BCUT2D eigenvalue weighted by Crippen LogP contribution is -2.21. The van der Waals surface area contributed by atoms with Crippen molar-refractivity contribution in [1.82, 2.24) is 9.97 Å². The van der Waals surface area contributed by atoms with Gasteiger partial charge in [-0.15, -0.1) is 4.36 Å². The molecule has 1 heterocycles. The summed E-state index contributed by atoms with van der Waals surface area (Å²) in [5.74, 6) is 0.937. The molecule has 1 amide bonds. The summed E-state index contributed by atoms with van der Waals surface area (Å²) in [5, 5.41) is 15.4. The molecule has 1 unspecified atom stereocenters. The molecule has 1 aromatic heterocycles. The Labute approximate surface area is 178 Å². The molecule has 3 N–H and O–H groups in total. The molecule has 1 aromatic carbocycles. The molecule has 0 radical (unpaired) electrons. The second kappa shape index (κ2) is 12.1. The lowest BCUT2D eigenvalue weighted by atomic mass is 10.3. The fraction of sp³-hybridized carbons (Fsp3) is 0.450. The molecular weight excluding hydrogens is 406 g/mol. The molecule has 2 atom stereocenters. The van der Waals surface area contributed by atoms with E-state index in [2.05, 4.69) is 25.0 Å². The molecule has 0 fully saturated rings. The molecule has 9 nitrogen and oxygen atoms in total. The summed E-state index contributed by atoms with van der Waals surface area (Å²) in [6.45, 7) is 9.49. The second-order valence-electron chi connectivity index (χ2n) is 6.20. The van der Waals surface area contributed by atoms with E-state index < -0.39 is 15.8 Å². The molecule has 2 rings (SSSR count). The number of aryl methyl sites for hydroxylation is 1. The van der Waals surface area contributed by atoms with Crippen molar-refractivity contribution in [2.24, 2.45) is 4.36 Å². The second-order valence-corrected chi connectivity index (χ2v) is 8.46. The monoisotopic (exact) mass is 437 g/mol. The number of carbonyl (C=O) groups is 1. The molecule has 0 saturated heterocycles. The van der Waals surface area contributed by atoms with Crippen LogP contribution in [0.1, 0.15) is 33.3 Å². The maximum absolute atomic E-state index is 12.8. The molecule has 0 aliphatic heterocycles. The van der Waals surface area contributed by atoms with Crippen LogP contribution in [-0.4, -0.2) is 50.9 Å². The first kappa shape index (κ1) is 25.3. The highest BCUT2D eigenvalue weighted by Gasteiger charge is 2.12. The van der Waals surface area contributed by atoms with Crippen molar-refractivity contribution in [1.29, 1.82) is 0 Å². The molecule has 0 aliphatic rings. The maximum atomic E-state index is 12.8. The van der Waals surface area contributed by atoms with Gasteiger partial charge in [0.25, 0.3) is 0 Å². The molecule has 10 heteroatoms. The van der Waals surface area contributed by atoms with Crippen molar-refractivity contribution < 1.29 is 18.8 Å². The van der Waals surface area contributed by atoms with Gasteiger partial charge in [0.2, 0.25) is 5.95 Å². The number of benzene rings is 1. The number of nitrogens with zero attached hydrogens (tertiary/aromatic N) is 3. The Kier molecular flexibility index (Phi) is 10.2. The number of ether oxygens (including phenoxy) is 1. The quantitative estimate of drug-likeness (QED) is 0.594. The molecule has 166 valence electrons. The minimum absolute atomic E-state index is 0.0247. The average molecular weight is 438 g/mol. The Balaban J connectivity index is 0.00000218. The van der Waals surface area contributed by atoms with E-state index in [1.54, 1.807) is 37.4 Å². The molecule has 0 saturated carbocycles. The summed E-state index contributed by atoms with van der Waals surface area (Å²) >= 11 is 0. The third-order valence-corrected chi connectivity index (χ3v) is 5.30. The van der Waals surface area contributed by atoms with Crippen molar-refractivity contribution in [2.75, 3.05) is 30.1 Å². The molecular formula is C20H31N5O4S. The highest BCUT2D eigenvalue weighted by molar-refractivity contribution is 7.93. The first-order valence-electron chi connectivity index (χ1n) is 9.72. The fourth-order valence-electron chi connectivity index (χ4n) is 2.21.